The zero-order valence-electron chi connectivity index (χ0n) is 13.9. The fourth-order valence-electron chi connectivity index (χ4n) is 2.50. The second kappa shape index (κ2) is 7.02. The van der Waals surface area contributed by atoms with Crippen LogP contribution in [0, 0.1) is 10.1 Å². The minimum absolute atomic E-state index is 0.146. The number of unbranched alkanes of at least 4 members (excludes halogenated alkanes) is 1. The van der Waals surface area contributed by atoms with E-state index in [1.165, 1.54) is 23.0 Å². The largest absolute Gasteiger partial charge is 0.433 e. The zero-order chi connectivity index (χ0) is 18.0. The Morgan fingerprint density at radius 1 is 1.36 bits per heavy atom. The second-order valence-electron chi connectivity index (χ2n) is 5.66. The van der Waals surface area contributed by atoms with Crippen LogP contribution in [0.3, 0.4) is 0 Å². The molecule has 25 heavy (non-hydrogen) atoms. The van der Waals surface area contributed by atoms with E-state index < -0.39 is 16.7 Å². The van der Waals surface area contributed by atoms with Crippen molar-refractivity contribution in [3.05, 3.63) is 56.6 Å². The molecule has 0 saturated heterocycles. The van der Waals surface area contributed by atoms with Crippen molar-refractivity contribution < 1.29 is 14.1 Å². The molecule has 0 atom stereocenters. The average Bonchev–Trinajstić information content (AvgIpc) is 3.19. The van der Waals surface area contributed by atoms with Gasteiger partial charge in [0.25, 0.3) is 0 Å². The highest BCUT2D eigenvalue weighted by Gasteiger charge is 2.17. The number of aromatic nitrogens is 1. The van der Waals surface area contributed by atoms with Crippen LogP contribution in [0.4, 0.5) is 5.88 Å². The Morgan fingerprint density at radius 2 is 2.16 bits per heavy atom. The SMILES string of the molecule is CCCCc1ccc2c(c1)sc(=NC(=O)c1ccc([N+](=O)[O-])o1)n2C. The van der Waals surface area contributed by atoms with Crippen LogP contribution >= 0.6 is 11.3 Å². The van der Waals surface area contributed by atoms with Gasteiger partial charge in [0, 0.05) is 7.05 Å². The first-order valence-corrected chi connectivity index (χ1v) is 8.73. The van der Waals surface area contributed by atoms with Gasteiger partial charge in [-0.15, -0.1) is 0 Å². The molecule has 1 aromatic carbocycles. The third-order valence-electron chi connectivity index (χ3n) is 3.87. The van der Waals surface area contributed by atoms with Gasteiger partial charge in [-0.3, -0.25) is 14.9 Å². The molecular formula is C17H17N3O4S. The maximum atomic E-state index is 12.2. The van der Waals surface area contributed by atoms with Crippen molar-refractivity contribution in [2.75, 3.05) is 0 Å². The minimum Gasteiger partial charge on any atom is -0.395 e. The number of carbonyl (C=O) groups excluding carboxylic acids is 1. The summed E-state index contributed by atoms with van der Waals surface area (Å²) >= 11 is 1.41. The first-order valence-electron chi connectivity index (χ1n) is 7.91. The Balaban J connectivity index is 1.96. The van der Waals surface area contributed by atoms with Crippen LogP contribution in [0.1, 0.15) is 35.9 Å². The molecule has 7 nitrogen and oxygen atoms in total. The van der Waals surface area contributed by atoms with Gasteiger partial charge in [0.2, 0.25) is 5.76 Å². The van der Waals surface area contributed by atoms with E-state index in [0.29, 0.717) is 4.80 Å². The molecule has 0 spiro atoms. The predicted molar refractivity (Wildman–Crippen MR) is 94.7 cm³/mol. The lowest BCUT2D eigenvalue weighted by Gasteiger charge is -2.00. The van der Waals surface area contributed by atoms with Gasteiger partial charge in [-0.2, -0.15) is 4.99 Å². The number of fused-ring (bicyclic) bond motifs is 1. The highest BCUT2D eigenvalue weighted by molar-refractivity contribution is 7.16. The van der Waals surface area contributed by atoms with Crippen molar-refractivity contribution in [3.8, 4) is 0 Å². The number of nitro groups is 1. The molecule has 0 unspecified atom stereocenters. The molecule has 3 aromatic rings. The predicted octanol–water partition coefficient (Wildman–Crippen LogP) is 3.82. The molecule has 0 aliphatic rings. The highest BCUT2D eigenvalue weighted by Crippen LogP contribution is 2.20. The Bertz CT molecular complexity index is 1010. The Hall–Kier alpha value is -2.74. The molecule has 0 N–H and O–H groups in total. The second-order valence-corrected chi connectivity index (χ2v) is 6.67. The molecule has 8 heteroatoms. The molecule has 3 rings (SSSR count). The third kappa shape index (κ3) is 3.53. The van der Waals surface area contributed by atoms with Crippen molar-refractivity contribution in [1.29, 1.82) is 0 Å². The highest BCUT2D eigenvalue weighted by atomic mass is 32.1. The summed E-state index contributed by atoms with van der Waals surface area (Å²) in [7, 11) is 1.83. The molecule has 0 radical (unpaired) electrons. The molecule has 2 aromatic heterocycles. The summed E-state index contributed by atoms with van der Waals surface area (Å²) in [6.07, 6.45) is 3.30. The van der Waals surface area contributed by atoms with Crippen LogP contribution in [0.5, 0.6) is 0 Å². The number of aryl methyl sites for hydroxylation is 2. The van der Waals surface area contributed by atoms with Gasteiger partial charge in [-0.25, -0.2) is 0 Å². The topological polar surface area (TPSA) is 90.6 Å². The van der Waals surface area contributed by atoms with Crippen LogP contribution in [0.25, 0.3) is 10.2 Å². The normalized spacial score (nSPS) is 12.0. The Labute approximate surface area is 147 Å². The molecule has 1 amide bonds. The molecule has 0 bridgehead atoms. The number of nitrogens with zero attached hydrogens (tertiary/aromatic N) is 3. The number of thiazole rings is 1. The van der Waals surface area contributed by atoms with E-state index in [1.54, 1.807) is 0 Å². The summed E-state index contributed by atoms with van der Waals surface area (Å²) in [5, 5.41) is 10.6. The minimum atomic E-state index is -0.686. The summed E-state index contributed by atoms with van der Waals surface area (Å²) in [4.78, 5) is 26.7. The van der Waals surface area contributed by atoms with Crippen molar-refractivity contribution in [3.63, 3.8) is 0 Å². The van der Waals surface area contributed by atoms with E-state index in [0.717, 1.165) is 35.5 Å². The lowest BCUT2D eigenvalue weighted by atomic mass is 10.1. The van der Waals surface area contributed by atoms with Crippen LogP contribution in [-0.4, -0.2) is 15.4 Å². The van der Waals surface area contributed by atoms with Crippen molar-refractivity contribution in [2.24, 2.45) is 12.0 Å². The molecule has 0 aliphatic carbocycles. The summed E-state index contributed by atoms with van der Waals surface area (Å²) in [5.41, 5.74) is 2.25. The summed E-state index contributed by atoms with van der Waals surface area (Å²) < 4.78 is 7.79. The van der Waals surface area contributed by atoms with E-state index in [4.69, 9.17) is 4.42 Å². The summed E-state index contributed by atoms with van der Waals surface area (Å²) in [5.74, 6) is -1.26. The Kier molecular flexibility index (Phi) is 4.80. The van der Waals surface area contributed by atoms with Gasteiger partial charge in [0.05, 0.1) is 16.3 Å². The van der Waals surface area contributed by atoms with E-state index in [9.17, 15) is 14.9 Å². The molecule has 0 fully saturated rings. The maximum absolute atomic E-state index is 12.2. The van der Waals surface area contributed by atoms with E-state index in [-0.39, 0.29) is 5.76 Å². The number of hydrogen-bond acceptors (Lipinski definition) is 5. The Morgan fingerprint density at radius 3 is 2.84 bits per heavy atom. The summed E-state index contributed by atoms with van der Waals surface area (Å²) in [6, 6.07) is 8.65. The van der Waals surface area contributed by atoms with Crippen LogP contribution in [-0.2, 0) is 13.5 Å². The van der Waals surface area contributed by atoms with Crippen LogP contribution in [0.15, 0.2) is 39.7 Å². The average molecular weight is 359 g/mol. The molecule has 0 saturated carbocycles. The number of hydrogen-bond donors (Lipinski definition) is 0. The van der Waals surface area contributed by atoms with Gasteiger partial charge >= 0.3 is 11.8 Å². The number of rotatable bonds is 5. The fourth-order valence-corrected chi connectivity index (χ4v) is 3.58. The first kappa shape index (κ1) is 17.1. The molecule has 0 aliphatic heterocycles. The number of amides is 1. The van der Waals surface area contributed by atoms with Crippen molar-refractivity contribution in [2.45, 2.75) is 26.2 Å². The van der Waals surface area contributed by atoms with E-state index >= 15 is 0 Å². The zero-order valence-corrected chi connectivity index (χ0v) is 14.7. The standard InChI is InChI=1S/C17H17N3O4S/c1-3-4-5-11-6-7-12-14(10-11)25-17(19(12)2)18-16(21)13-8-9-15(24-13)20(22)23/h6-10H,3-5H2,1-2H3. The first-order chi connectivity index (χ1) is 12.0. The van der Waals surface area contributed by atoms with E-state index in [1.807, 2.05) is 17.7 Å². The van der Waals surface area contributed by atoms with Gasteiger partial charge in [0.15, 0.2) is 4.80 Å². The quantitative estimate of drug-likeness (QED) is 0.511. The third-order valence-corrected chi connectivity index (χ3v) is 4.97. The summed E-state index contributed by atoms with van der Waals surface area (Å²) in [6.45, 7) is 2.16. The van der Waals surface area contributed by atoms with Gasteiger partial charge in [-0.05, 0) is 36.6 Å². The lowest BCUT2D eigenvalue weighted by Crippen LogP contribution is -2.13. The van der Waals surface area contributed by atoms with Gasteiger partial charge in [0.1, 0.15) is 4.92 Å². The van der Waals surface area contributed by atoms with Gasteiger partial charge < -0.3 is 8.98 Å². The van der Waals surface area contributed by atoms with Crippen molar-refractivity contribution in [1.82, 2.24) is 4.57 Å². The lowest BCUT2D eigenvalue weighted by molar-refractivity contribution is -0.402. The number of benzene rings is 1. The van der Waals surface area contributed by atoms with Crippen molar-refractivity contribution >= 4 is 33.3 Å². The monoisotopic (exact) mass is 359 g/mol. The van der Waals surface area contributed by atoms with Crippen LogP contribution < -0.4 is 4.80 Å². The number of carbonyl (C=O) groups is 1. The van der Waals surface area contributed by atoms with Crippen LogP contribution in [0.2, 0.25) is 0 Å². The van der Waals surface area contributed by atoms with Gasteiger partial charge in [-0.1, -0.05) is 30.7 Å². The number of furan rings is 1. The molecular weight excluding hydrogens is 342 g/mol. The van der Waals surface area contributed by atoms with E-state index in [2.05, 4.69) is 24.0 Å². The fraction of sp³-hybridized carbons (Fsp3) is 0.294. The smallest absolute Gasteiger partial charge is 0.395 e. The molecule has 130 valence electrons. The maximum Gasteiger partial charge on any atom is 0.433 e. The molecule has 2 heterocycles.